The summed E-state index contributed by atoms with van der Waals surface area (Å²) in [6.07, 6.45) is 2.03. The fourth-order valence-corrected chi connectivity index (χ4v) is 2.56. The lowest BCUT2D eigenvalue weighted by atomic mass is 10.1. The fourth-order valence-electron chi connectivity index (χ4n) is 2.44. The van der Waals surface area contributed by atoms with Crippen LogP contribution in [0.15, 0.2) is 60.7 Å². The monoisotopic (exact) mass is 395 g/mol. The van der Waals surface area contributed by atoms with Gasteiger partial charge in [0, 0.05) is 22.7 Å². The molecule has 0 spiro atoms. The summed E-state index contributed by atoms with van der Waals surface area (Å²) in [5.74, 6) is 6.18. The third kappa shape index (κ3) is 8.00. The first kappa shape index (κ1) is 21.8. The molecule has 0 unspecified atom stereocenters. The number of allylic oxidation sites excluding steroid dienone is 1. The molecule has 146 valence electrons. The Morgan fingerprint density at radius 3 is 2.36 bits per heavy atom. The van der Waals surface area contributed by atoms with Crippen molar-refractivity contribution in [1.82, 2.24) is 4.90 Å². The van der Waals surface area contributed by atoms with E-state index in [2.05, 4.69) is 11.8 Å². The van der Waals surface area contributed by atoms with Gasteiger partial charge in [-0.3, -0.25) is 9.69 Å². The van der Waals surface area contributed by atoms with Gasteiger partial charge in [-0.2, -0.15) is 0 Å². The molecule has 0 saturated heterocycles. The second-order valence-electron chi connectivity index (χ2n) is 7.52. The van der Waals surface area contributed by atoms with Crippen molar-refractivity contribution < 1.29 is 9.53 Å². The number of esters is 1. The van der Waals surface area contributed by atoms with Crippen molar-refractivity contribution in [3.8, 4) is 11.8 Å². The minimum absolute atomic E-state index is 0.223. The lowest BCUT2D eigenvalue weighted by Gasteiger charge is -2.22. The zero-order valence-electron chi connectivity index (χ0n) is 16.8. The Hall–Kier alpha value is -2.54. The highest BCUT2D eigenvalue weighted by Gasteiger charge is 2.17. The Morgan fingerprint density at radius 2 is 1.75 bits per heavy atom. The first-order valence-electron chi connectivity index (χ1n) is 9.16. The summed E-state index contributed by atoms with van der Waals surface area (Å²) < 4.78 is 5.37. The van der Waals surface area contributed by atoms with Gasteiger partial charge in [0.1, 0.15) is 5.60 Å². The van der Waals surface area contributed by atoms with E-state index >= 15 is 0 Å². The molecule has 2 rings (SSSR count). The molecule has 0 fully saturated rings. The zero-order chi connectivity index (χ0) is 20.6. The second-order valence-corrected chi connectivity index (χ2v) is 7.96. The Morgan fingerprint density at radius 1 is 1.11 bits per heavy atom. The van der Waals surface area contributed by atoms with Crippen LogP contribution >= 0.6 is 11.6 Å². The highest BCUT2D eigenvalue weighted by Crippen LogP contribution is 2.14. The van der Waals surface area contributed by atoms with Crippen LogP contribution in [0.1, 0.15) is 31.9 Å². The van der Waals surface area contributed by atoms with Gasteiger partial charge >= 0.3 is 5.97 Å². The van der Waals surface area contributed by atoms with Gasteiger partial charge in [0.25, 0.3) is 0 Å². The van der Waals surface area contributed by atoms with Gasteiger partial charge in [-0.25, -0.2) is 0 Å². The number of hydrogen-bond acceptors (Lipinski definition) is 3. The quantitative estimate of drug-likeness (QED) is 0.524. The highest BCUT2D eigenvalue weighted by atomic mass is 35.5. The molecule has 0 heterocycles. The van der Waals surface area contributed by atoms with E-state index in [-0.39, 0.29) is 12.5 Å². The summed E-state index contributed by atoms with van der Waals surface area (Å²) in [4.78, 5) is 13.9. The molecular weight excluding hydrogens is 370 g/mol. The molecule has 0 amide bonds. The van der Waals surface area contributed by atoms with Gasteiger partial charge in [0.2, 0.25) is 0 Å². The summed E-state index contributed by atoms with van der Waals surface area (Å²) in [6, 6.07) is 17.4. The van der Waals surface area contributed by atoms with Crippen LogP contribution in [0, 0.1) is 11.8 Å². The normalized spacial score (nSPS) is 11.7. The Labute approximate surface area is 173 Å². The molecule has 28 heavy (non-hydrogen) atoms. The Bertz CT molecular complexity index is 869. The van der Waals surface area contributed by atoms with E-state index in [4.69, 9.17) is 16.3 Å². The summed E-state index contributed by atoms with van der Waals surface area (Å²) in [5.41, 5.74) is 2.36. The topological polar surface area (TPSA) is 29.5 Å². The van der Waals surface area contributed by atoms with E-state index in [1.165, 1.54) is 0 Å². The molecule has 2 aromatic rings. The van der Waals surface area contributed by atoms with Gasteiger partial charge in [0.05, 0.1) is 6.54 Å². The number of nitrogens with zero attached hydrogens (tertiary/aromatic N) is 1. The van der Waals surface area contributed by atoms with Crippen LogP contribution in [0.5, 0.6) is 0 Å². The second kappa shape index (κ2) is 10.1. The van der Waals surface area contributed by atoms with E-state index in [0.29, 0.717) is 11.6 Å². The van der Waals surface area contributed by atoms with Crippen molar-refractivity contribution in [2.24, 2.45) is 0 Å². The summed E-state index contributed by atoms with van der Waals surface area (Å²) in [7, 11) is 1.88. The molecule has 0 saturated carbocycles. The predicted octanol–water partition coefficient (Wildman–Crippen LogP) is 5.05. The maximum Gasteiger partial charge on any atom is 0.320 e. The number of halogens is 1. The molecule has 0 bridgehead atoms. The molecule has 2 aromatic carbocycles. The van der Waals surface area contributed by atoms with E-state index < -0.39 is 5.60 Å². The Kier molecular flexibility index (Phi) is 7.87. The van der Waals surface area contributed by atoms with Gasteiger partial charge in [-0.1, -0.05) is 59.8 Å². The number of rotatable bonds is 5. The molecule has 0 aromatic heterocycles. The summed E-state index contributed by atoms with van der Waals surface area (Å²) >= 11 is 5.93. The smallest absolute Gasteiger partial charge is 0.320 e. The molecule has 3 nitrogen and oxygen atoms in total. The first-order chi connectivity index (χ1) is 13.2. The van der Waals surface area contributed by atoms with Crippen LogP contribution in [0.4, 0.5) is 0 Å². The van der Waals surface area contributed by atoms with Gasteiger partial charge in [-0.15, -0.1) is 0 Å². The molecule has 4 heteroatoms. The molecule has 0 radical (unpaired) electrons. The maximum absolute atomic E-state index is 12.0. The molecule has 0 atom stereocenters. The highest BCUT2D eigenvalue weighted by molar-refractivity contribution is 6.30. The fraction of sp³-hybridized carbons (Fsp3) is 0.292. The SMILES string of the molecule is CN(CC=C(C#Cc1ccc(Cl)cc1)c1ccccc1)CC(=O)OC(C)(C)C. The van der Waals surface area contributed by atoms with Crippen molar-refractivity contribution in [1.29, 1.82) is 0 Å². The lowest BCUT2D eigenvalue weighted by molar-refractivity contribution is -0.155. The van der Waals surface area contributed by atoms with E-state index in [1.54, 1.807) is 0 Å². The van der Waals surface area contributed by atoms with Crippen LogP contribution < -0.4 is 0 Å². The van der Waals surface area contributed by atoms with E-state index in [0.717, 1.165) is 16.7 Å². The first-order valence-corrected chi connectivity index (χ1v) is 9.54. The molecular formula is C24H26ClNO2. The van der Waals surface area contributed by atoms with Crippen molar-refractivity contribution in [2.45, 2.75) is 26.4 Å². The number of ether oxygens (including phenoxy) is 1. The van der Waals surface area contributed by atoms with Gasteiger partial charge in [0.15, 0.2) is 0 Å². The van der Waals surface area contributed by atoms with Crippen LogP contribution in [0.2, 0.25) is 5.02 Å². The van der Waals surface area contributed by atoms with E-state index in [1.807, 2.05) is 93.4 Å². The molecule has 0 N–H and O–H groups in total. The zero-order valence-corrected chi connectivity index (χ0v) is 17.6. The Balaban J connectivity index is 2.14. The summed E-state index contributed by atoms with van der Waals surface area (Å²) in [5, 5.41) is 0.688. The minimum Gasteiger partial charge on any atom is -0.459 e. The van der Waals surface area contributed by atoms with E-state index in [9.17, 15) is 4.79 Å². The van der Waals surface area contributed by atoms with Crippen molar-refractivity contribution in [3.05, 3.63) is 76.8 Å². The third-order valence-electron chi connectivity index (χ3n) is 3.70. The lowest BCUT2D eigenvalue weighted by Crippen LogP contribution is -2.32. The van der Waals surface area contributed by atoms with Crippen LogP contribution in [-0.2, 0) is 9.53 Å². The number of carbonyl (C=O) groups excluding carboxylic acids is 1. The minimum atomic E-state index is -0.479. The average Bonchev–Trinajstić information content (AvgIpc) is 2.62. The van der Waals surface area contributed by atoms with Crippen molar-refractivity contribution in [2.75, 3.05) is 20.1 Å². The number of likely N-dealkylation sites (N-methyl/N-ethyl adjacent to an activating group) is 1. The molecule has 0 aliphatic heterocycles. The van der Waals surface area contributed by atoms with Crippen LogP contribution in [0.3, 0.4) is 0 Å². The maximum atomic E-state index is 12.0. The van der Waals surface area contributed by atoms with Crippen molar-refractivity contribution in [3.63, 3.8) is 0 Å². The third-order valence-corrected chi connectivity index (χ3v) is 3.95. The number of benzene rings is 2. The average molecular weight is 396 g/mol. The number of hydrogen-bond donors (Lipinski definition) is 0. The number of carbonyl (C=O) groups is 1. The predicted molar refractivity (Wildman–Crippen MR) is 116 cm³/mol. The van der Waals surface area contributed by atoms with Crippen LogP contribution in [0.25, 0.3) is 5.57 Å². The molecule has 0 aliphatic rings. The van der Waals surface area contributed by atoms with Gasteiger partial charge in [-0.05, 0) is 57.6 Å². The van der Waals surface area contributed by atoms with Gasteiger partial charge < -0.3 is 4.74 Å². The van der Waals surface area contributed by atoms with Crippen molar-refractivity contribution >= 4 is 23.1 Å². The largest absolute Gasteiger partial charge is 0.459 e. The molecule has 0 aliphatic carbocycles. The standard InChI is InChI=1S/C24H26ClNO2/c1-24(2,3)28-23(27)18-26(4)17-16-21(20-8-6-5-7-9-20)13-10-19-11-14-22(25)15-12-19/h5-9,11-12,14-16H,17-18H2,1-4H3. The summed E-state index contributed by atoms with van der Waals surface area (Å²) in [6.45, 7) is 6.40. The van der Waals surface area contributed by atoms with Crippen LogP contribution in [-0.4, -0.2) is 36.6 Å².